The molecule has 0 radical (unpaired) electrons. The lowest BCUT2D eigenvalue weighted by atomic mass is 10.1. The van der Waals surface area contributed by atoms with E-state index in [1.165, 1.54) is 11.0 Å². The fraction of sp³-hybridized carbons (Fsp3) is 0.375. The number of rotatable bonds is 5. The van der Waals surface area contributed by atoms with E-state index in [0.29, 0.717) is 0 Å². The van der Waals surface area contributed by atoms with E-state index in [4.69, 9.17) is 0 Å². The molecule has 4 nitrogen and oxygen atoms in total. The number of likely N-dealkylation sites (N-methyl/N-ethyl adjacent to an activating group) is 1. The van der Waals surface area contributed by atoms with E-state index in [1.54, 1.807) is 13.1 Å². The Kier molecular flexibility index (Phi) is 6.62. The van der Waals surface area contributed by atoms with Crippen LogP contribution in [-0.4, -0.2) is 36.3 Å². The lowest BCUT2D eigenvalue weighted by Gasteiger charge is -2.16. The quantitative estimate of drug-likeness (QED) is 0.828. The summed E-state index contributed by atoms with van der Waals surface area (Å²) < 4.78 is 0.937. The van der Waals surface area contributed by atoms with Crippen LogP contribution >= 0.6 is 15.9 Å². The average molecular weight is 353 g/mol. The largest absolute Gasteiger partial charge is 0.352 e. The first-order valence-corrected chi connectivity index (χ1v) is 7.57. The Hall–Kier alpha value is -1.62. The average Bonchev–Trinajstić information content (AvgIpc) is 2.36. The predicted octanol–water partition coefficient (Wildman–Crippen LogP) is 2.75. The van der Waals surface area contributed by atoms with Crippen LogP contribution in [0.1, 0.15) is 25.0 Å². The molecule has 1 N–H and O–H groups in total. The first-order valence-electron chi connectivity index (χ1n) is 6.78. The molecule has 0 aliphatic carbocycles. The lowest BCUT2D eigenvalue weighted by Crippen LogP contribution is -2.40. The van der Waals surface area contributed by atoms with Crippen molar-refractivity contribution in [2.24, 2.45) is 0 Å². The summed E-state index contributed by atoms with van der Waals surface area (Å²) in [7, 11) is 1.61. The van der Waals surface area contributed by atoms with Gasteiger partial charge in [-0.2, -0.15) is 0 Å². The molecule has 1 rings (SSSR count). The SMILES string of the molecule is Cc1ccc(/C=C/C(=O)N(C)CC(=O)NC(C)C)c(Br)c1. The first kappa shape index (κ1) is 17.4. The fourth-order valence-corrected chi connectivity index (χ4v) is 2.34. The van der Waals surface area contributed by atoms with Gasteiger partial charge in [-0.3, -0.25) is 9.59 Å². The van der Waals surface area contributed by atoms with Gasteiger partial charge in [0.25, 0.3) is 0 Å². The second-order valence-electron chi connectivity index (χ2n) is 5.27. The Morgan fingerprint density at radius 3 is 2.62 bits per heavy atom. The van der Waals surface area contributed by atoms with Crippen LogP contribution in [0.5, 0.6) is 0 Å². The van der Waals surface area contributed by atoms with Gasteiger partial charge in [0, 0.05) is 23.6 Å². The molecule has 0 aliphatic heterocycles. The molecule has 0 spiro atoms. The van der Waals surface area contributed by atoms with Crippen LogP contribution in [0.2, 0.25) is 0 Å². The lowest BCUT2D eigenvalue weighted by molar-refractivity contribution is -0.131. The van der Waals surface area contributed by atoms with Gasteiger partial charge in [0.15, 0.2) is 0 Å². The minimum absolute atomic E-state index is 0.0520. The molecule has 1 aromatic carbocycles. The standard InChI is InChI=1S/C16H21BrN2O2/c1-11(2)18-15(20)10-19(4)16(21)8-7-13-6-5-12(3)9-14(13)17/h5-9,11H,10H2,1-4H3,(H,18,20)/b8-7+. The van der Waals surface area contributed by atoms with Gasteiger partial charge in [-0.1, -0.05) is 28.1 Å². The van der Waals surface area contributed by atoms with Crippen LogP contribution in [0.4, 0.5) is 0 Å². The molecule has 2 amide bonds. The molecule has 0 atom stereocenters. The number of benzene rings is 1. The van der Waals surface area contributed by atoms with Crippen molar-refractivity contribution in [2.75, 3.05) is 13.6 Å². The van der Waals surface area contributed by atoms with Crippen molar-refractivity contribution in [1.29, 1.82) is 0 Å². The Morgan fingerprint density at radius 1 is 1.38 bits per heavy atom. The molecule has 0 aliphatic rings. The highest BCUT2D eigenvalue weighted by molar-refractivity contribution is 9.10. The second-order valence-corrected chi connectivity index (χ2v) is 6.13. The fourth-order valence-electron chi connectivity index (χ4n) is 1.72. The monoisotopic (exact) mass is 352 g/mol. The van der Waals surface area contributed by atoms with Crippen molar-refractivity contribution < 1.29 is 9.59 Å². The molecule has 114 valence electrons. The molecular formula is C16H21BrN2O2. The summed E-state index contributed by atoms with van der Waals surface area (Å²) in [6, 6.07) is 5.98. The zero-order valence-electron chi connectivity index (χ0n) is 12.8. The summed E-state index contributed by atoms with van der Waals surface area (Å²) in [6.07, 6.45) is 3.21. The van der Waals surface area contributed by atoms with Gasteiger partial charge in [-0.15, -0.1) is 0 Å². The zero-order chi connectivity index (χ0) is 16.0. The van der Waals surface area contributed by atoms with E-state index in [0.717, 1.165) is 15.6 Å². The van der Waals surface area contributed by atoms with Crippen molar-refractivity contribution in [2.45, 2.75) is 26.8 Å². The van der Waals surface area contributed by atoms with Crippen LogP contribution in [-0.2, 0) is 9.59 Å². The Morgan fingerprint density at radius 2 is 2.05 bits per heavy atom. The van der Waals surface area contributed by atoms with Crippen LogP contribution in [0, 0.1) is 6.92 Å². The van der Waals surface area contributed by atoms with Crippen molar-refractivity contribution in [3.8, 4) is 0 Å². The third-order valence-corrected chi connectivity index (χ3v) is 3.45. The van der Waals surface area contributed by atoms with Crippen molar-refractivity contribution in [3.05, 3.63) is 39.9 Å². The van der Waals surface area contributed by atoms with Crippen molar-refractivity contribution in [1.82, 2.24) is 10.2 Å². The third kappa shape index (κ3) is 6.12. The van der Waals surface area contributed by atoms with E-state index in [1.807, 2.05) is 39.0 Å². The first-order chi connectivity index (χ1) is 9.79. The van der Waals surface area contributed by atoms with E-state index < -0.39 is 0 Å². The van der Waals surface area contributed by atoms with Crippen molar-refractivity contribution >= 4 is 33.8 Å². The van der Waals surface area contributed by atoms with E-state index in [2.05, 4.69) is 21.2 Å². The number of hydrogen-bond acceptors (Lipinski definition) is 2. The Balaban J connectivity index is 2.63. The van der Waals surface area contributed by atoms with Gasteiger partial charge in [0.2, 0.25) is 11.8 Å². The maximum Gasteiger partial charge on any atom is 0.246 e. The Bertz CT molecular complexity index is 553. The van der Waals surface area contributed by atoms with E-state index in [9.17, 15) is 9.59 Å². The molecule has 1 aromatic rings. The number of aryl methyl sites for hydroxylation is 1. The van der Waals surface area contributed by atoms with Gasteiger partial charge in [-0.05, 0) is 44.0 Å². The van der Waals surface area contributed by atoms with Gasteiger partial charge in [0.05, 0.1) is 6.54 Å². The van der Waals surface area contributed by atoms with Crippen LogP contribution in [0.15, 0.2) is 28.7 Å². The highest BCUT2D eigenvalue weighted by Gasteiger charge is 2.11. The molecule has 0 bridgehead atoms. The normalized spacial score (nSPS) is 11.0. The molecular weight excluding hydrogens is 332 g/mol. The van der Waals surface area contributed by atoms with Crippen LogP contribution in [0.25, 0.3) is 6.08 Å². The molecule has 0 unspecified atom stereocenters. The number of hydrogen-bond donors (Lipinski definition) is 1. The van der Waals surface area contributed by atoms with Gasteiger partial charge >= 0.3 is 0 Å². The minimum Gasteiger partial charge on any atom is -0.352 e. The second kappa shape index (κ2) is 7.98. The molecule has 0 fully saturated rings. The molecule has 21 heavy (non-hydrogen) atoms. The highest BCUT2D eigenvalue weighted by Crippen LogP contribution is 2.19. The summed E-state index contributed by atoms with van der Waals surface area (Å²) in [5, 5.41) is 2.75. The maximum atomic E-state index is 12.0. The summed E-state index contributed by atoms with van der Waals surface area (Å²) >= 11 is 3.46. The smallest absolute Gasteiger partial charge is 0.246 e. The predicted molar refractivity (Wildman–Crippen MR) is 88.8 cm³/mol. The zero-order valence-corrected chi connectivity index (χ0v) is 14.4. The topological polar surface area (TPSA) is 49.4 Å². The third-order valence-electron chi connectivity index (χ3n) is 2.77. The number of carbonyl (C=O) groups is 2. The van der Waals surface area contributed by atoms with Crippen molar-refractivity contribution in [3.63, 3.8) is 0 Å². The van der Waals surface area contributed by atoms with Gasteiger partial charge in [-0.25, -0.2) is 0 Å². The summed E-state index contributed by atoms with van der Waals surface area (Å²) in [5.41, 5.74) is 2.07. The number of nitrogens with zero attached hydrogens (tertiary/aromatic N) is 1. The highest BCUT2D eigenvalue weighted by atomic mass is 79.9. The molecule has 5 heteroatoms. The maximum absolute atomic E-state index is 12.0. The minimum atomic E-state index is -0.207. The van der Waals surface area contributed by atoms with Gasteiger partial charge in [0.1, 0.15) is 0 Å². The number of carbonyl (C=O) groups excluding carboxylic acids is 2. The van der Waals surface area contributed by atoms with Crippen LogP contribution in [0.3, 0.4) is 0 Å². The number of amides is 2. The summed E-state index contributed by atoms with van der Waals surface area (Å²) in [4.78, 5) is 24.9. The molecule has 0 saturated heterocycles. The van der Waals surface area contributed by atoms with Gasteiger partial charge < -0.3 is 10.2 Å². The number of nitrogens with one attached hydrogen (secondary N) is 1. The molecule has 0 heterocycles. The summed E-state index contributed by atoms with van der Waals surface area (Å²) in [5.74, 6) is -0.368. The van der Waals surface area contributed by atoms with E-state index in [-0.39, 0.29) is 24.4 Å². The van der Waals surface area contributed by atoms with E-state index >= 15 is 0 Å². The number of halogens is 1. The van der Waals surface area contributed by atoms with Crippen LogP contribution < -0.4 is 5.32 Å². The summed E-state index contributed by atoms with van der Waals surface area (Å²) in [6.45, 7) is 5.82. The molecule has 0 aromatic heterocycles. The molecule has 0 saturated carbocycles. The Labute approximate surface area is 134 Å².